The van der Waals surface area contributed by atoms with Crippen LogP contribution in [0.3, 0.4) is 0 Å². The summed E-state index contributed by atoms with van der Waals surface area (Å²) in [7, 11) is 0. The largest absolute Gasteiger partial charge is 0.449 e. The Bertz CT molecular complexity index is 885. The van der Waals surface area contributed by atoms with Crippen LogP contribution in [0.2, 0.25) is 0 Å². The molecule has 2 saturated heterocycles. The maximum Gasteiger partial charge on any atom is 0.266 e. The molecule has 1 amide bonds. The van der Waals surface area contributed by atoms with Crippen LogP contribution in [-0.4, -0.2) is 35.2 Å². The molecule has 27 heavy (non-hydrogen) atoms. The Kier molecular flexibility index (Phi) is 5.87. The van der Waals surface area contributed by atoms with E-state index in [0.29, 0.717) is 27.0 Å². The molecule has 140 valence electrons. The summed E-state index contributed by atoms with van der Waals surface area (Å²) in [6.45, 7) is 1.27. The van der Waals surface area contributed by atoms with E-state index in [1.807, 2.05) is 36.4 Å². The molecule has 1 atom stereocenters. The molecule has 0 aliphatic carbocycles. The van der Waals surface area contributed by atoms with E-state index in [1.54, 1.807) is 11.0 Å². The minimum absolute atomic E-state index is 0.0572. The molecular formula is C19H16Br2N2O3S. The molecule has 5 nitrogen and oxygen atoms in total. The number of benzene rings is 1. The zero-order valence-corrected chi connectivity index (χ0v) is 18.2. The van der Waals surface area contributed by atoms with Crippen LogP contribution in [0.4, 0.5) is 5.69 Å². The molecule has 2 fully saturated rings. The summed E-state index contributed by atoms with van der Waals surface area (Å²) in [5.74, 6) is 0.524. The third-order valence-corrected chi connectivity index (χ3v) is 6.93. The van der Waals surface area contributed by atoms with Crippen molar-refractivity contribution in [3.63, 3.8) is 0 Å². The number of rotatable bonds is 4. The minimum atomic E-state index is -0.0752. The molecular weight excluding hydrogens is 496 g/mol. The van der Waals surface area contributed by atoms with E-state index in [-0.39, 0.29) is 12.0 Å². The number of halogens is 2. The molecule has 3 heterocycles. The lowest BCUT2D eigenvalue weighted by atomic mass is 10.2. The molecule has 2 aliphatic rings. The van der Waals surface area contributed by atoms with E-state index < -0.39 is 0 Å². The standard InChI is InChI=1S/C19H16Br2N2O3S/c20-15-9-14(26-17(15)21)10-16-18(24)23(11-13-7-4-8-25-13)19(27-16)22-12-5-2-1-3-6-12/h1-3,5-6,9-10,13H,4,7-8,11H2/b16-10-,22-19?/t13-/m1/s1. The van der Waals surface area contributed by atoms with Crippen LogP contribution in [0.25, 0.3) is 6.08 Å². The van der Waals surface area contributed by atoms with Crippen molar-refractivity contribution in [2.75, 3.05) is 13.2 Å². The molecule has 0 saturated carbocycles. The van der Waals surface area contributed by atoms with Crippen molar-refractivity contribution in [1.29, 1.82) is 0 Å². The fourth-order valence-corrected chi connectivity index (χ4v) is 4.52. The first-order chi connectivity index (χ1) is 13.1. The topological polar surface area (TPSA) is 55.0 Å². The van der Waals surface area contributed by atoms with Crippen molar-refractivity contribution in [3.8, 4) is 0 Å². The molecule has 2 aromatic rings. The van der Waals surface area contributed by atoms with Gasteiger partial charge in [-0.15, -0.1) is 0 Å². The van der Waals surface area contributed by atoms with Crippen molar-refractivity contribution >= 4 is 66.5 Å². The highest BCUT2D eigenvalue weighted by Gasteiger charge is 2.36. The second-order valence-corrected chi connectivity index (χ2v) is 8.75. The summed E-state index contributed by atoms with van der Waals surface area (Å²) in [5.41, 5.74) is 0.815. The van der Waals surface area contributed by atoms with Gasteiger partial charge in [-0.2, -0.15) is 0 Å². The Labute approximate surface area is 178 Å². The van der Waals surface area contributed by atoms with Gasteiger partial charge in [-0.3, -0.25) is 9.69 Å². The van der Waals surface area contributed by atoms with Crippen molar-refractivity contribution in [1.82, 2.24) is 4.90 Å². The Morgan fingerprint density at radius 1 is 1.30 bits per heavy atom. The number of amidine groups is 1. The van der Waals surface area contributed by atoms with Crippen molar-refractivity contribution in [2.45, 2.75) is 18.9 Å². The van der Waals surface area contributed by atoms with Crippen LogP contribution in [0, 0.1) is 0 Å². The third-order valence-electron chi connectivity index (χ3n) is 4.22. The molecule has 1 aromatic heterocycles. The summed E-state index contributed by atoms with van der Waals surface area (Å²) in [5, 5.41) is 0.664. The minimum Gasteiger partial charge on any atom is -0.449 e. The fraction of sp³-hybridized carbons (Fsp3) is 0.263. The van der Waals surface area contributed by atoms with Crippen LogP contribution < -0.4 is 0 Å². The van der Waals surface area contributed by atoms with Crippen LogP contribution in [0.5, 0.6) is 0 Å². The lowest BCUT2D eigenvalue weighted by Gasteiger charge is -2.19. The lowest BCUT2D eigenvalue weighted by molar-refractivity contribution is -0.123. The Balaban J connectivity index is 1.65. The SMILES string of the molecule is O=C1/C(=C/c2cc(Br)c(Br)o2)SC(=Nc2ccccc2)N1C[C@H]1CCCO1. The second-order valence-electron chi connectivity index (χ2n) is 6.16. The van der Waals surface area contributed by atoms with Gasteiger partial charge in [0.25, 0.3) is 5.91 Å². The van der Waals surface area contributed by atoms with Gasteiger partial charge < -0.3 is 9.15 Å². The zero-order valence-electron chi connectivity index (χ0n) is 14.2. The van der Waals surface area contributed by atoms with E-state index in [0.717, 1.165) is 29.6 Å². The highest BCUT2D eigenvalue weighted by Crippen LogP contribution is 2.36. The number of para-hydroxylation sites is 1. The van der Waals surface area contributed by atoms with Crippen molar-refractivity contribution in [2.24, 2.45) is 4.99 Å². The highest BCUT2D eigenvalue weighted by atomic mass is 79.9. The van der Waals surface area contributed by atoms with Crippen molar-refractivity contribution in [3.05, 3.63) is 56.2 Å². The van der Waals surface area contributed by atoms with E-state index in [1.165, 1.54) is 11.8 Å². The van der Waals surface area contributed by atoms with E-state index in [4.69, 9.17) is 9.15 Å². The lowest BCUT2D eigenvalue weighted by Crippen LogP contribution is -2.36. The average Bonchev–Trinajstić information content (AvgIpc) is 3.35. The van der Waals surface area contributed by atoms with Gasteiger partial charge >= 0.3 is 0 Å². The molecule has 1 aromatic carbocycles. The van der Waals surface area contributed by atoms with Crippen LogP contribution in [-0.2, 0) is 9.53 Å². The quantitative estimate of drug-likeness (QED) is 0.502. The number of carbonyl (C=O) groups is 1. The fourth-order valence-electron chi connectivity index (χ4n) is 2.92. The van der Waals surface area contributed by atoms with Gasteiger partial charge in [-0.25, -0.2) is 4.99 Å². The predicted molar refractivity (Wildman–Crippen MR) is 114 cm³/mol. The zero-order chi connectivity index (χ0) is 18.8. The second kappa shape index (κ2) is 8.34. The number of hydrogen-bond acceptors (Lipinski definition) is 5. The van der Waals surface area contributed by atoms with E-state index in [9.17, 15) is 4.79 Å². The highest BCUT2D eigenvalue weighted by molar-refractivity contribution is 9.13. The monoisotopic (exact) mass is 510 g/mol. The Morgan fingerprint density at radius 2 is 2.11 bits per heavy atom. The molecule has 0 unspecified atom stereocenters. The summed E-state index contributed by atoms with van der Waals surface area (Å²) >= 11 is 8.07. The van der Waals surface area contributed by atoms with Crippen LogP contribution in [0.1, 0.15) is 18.6 Å². The molecule has 0 radical (unpaired) electrons. The number of ether oxygens (including phenoxy) is 1. The summed E-state index contributed by atoms with van der Waals surface area (Å²) in [4.78, 5) is 20.0. The first-order valence-electron chi connectivity index (χ1n) is 8.52. The van der Waals surface area contributed by atoms with E-state index >= 15 is 0 Å². The van der Waals surface area contributed by atoms with E-state index in [2.05, 4.69) is 36.9 Å². The number of amides is 1. The van der Waals surface area contributed by atoms with Crippen LogP contribution in [0.15, 0.2) is 59.9 Å². The van der Waals surface area contributed by atoms with Gasteiger partial charge in [0, 0.05) is 12.7 Å². The number of nitrogens with zero attached hydrogens (tertiary/aromatic N) is 2. The molecule has 0 spiro atoms. The number of hydrogen-bond donors (Lipinski definition) is 0. The van der Waals surface area contributed by atoms with Crippen LogP contribution >= 0.6 is 43.6 Å². The van der Waals surface area contributed by atoms with Gasteiger partial charge in [-0.1, -0.05) is 18.2 Å². The molecule has 0 bridgehead atoms. The third kappa shape index (κ3) is 4.39. The number of thioether (sulfide) groups is 1. The Morgan fingerprint density at radius 3 is 2.78 bits per heavy atom. The molecule has 2 aliphatic heterocycles. The van der Waals surface area contributed by atoms with Gasteiger partial charge in [-0.05, 0) is 74.7 Å². The molecule has 8 heteroatoms. The normalized spacial score (nSPS) is 23.1. The summed E-state index contributed by atoms with van der Waals surface area (Å²) < 4.78 is 12.7. The average molecular weight is 512 g/mol. The van der Waals surface area contributed by atoms with Crippen molar-refractivity contribution < 1.29 is 13.9 Å². The maximum atomic E-state index is 13.0. The van der Waals surface area contributed by atoms with Gasteiger partial charge in [0.2, 0.25) is 0 Å². The summed E-state index contributed by atoms with van der Waals surface area (Å²) in [6.07, 6.45) is 3.80. The first kappa shape index (κ1) is 19.0. The number of carbonyl (C=O) groups excluding carboxylic acids is 1. The maximum absolute atomic E-state index is 13.0. The molecule has 4 rings (SSSR count). The van der Waals surface area contributed by atoms with Gasteiger partial charge in [0.15, 0.2) is 9.84 Å². The number of aliphatic imine (C=N–C) groups is 1. The first-order valence-corrected chi connectivity index (χ1v) is 10.9. The smallest absolute Gasteiger partial charge is 0.266 e. The van der Waals surface area contributed by atoms with Gasteiger partial charge in [0.05, 0.1) is 27.7 Å². The summed E-state index contributed by atoms with van der Waals surface area (Å²) in [6, 6.07) is 11.5. The predicted octanol–water partition coefficient (Wildman–Crippen LogP) is 5.59. The van der Waals surface area contributed by atoms with Gasteiger partial charge in [0.1, 0.15) is 5.76 Å². The Hall–Kier alpha value is -1.35. The number of furan rings is 1. The molecule has 0 N–H and O–H groups in total.